The highest BCUT2D eigenvalue weighted by Gasteiger charge is 2.09. The third-order valence-electron chi connectivity index (χ3n) is 3.02. The zero-order valence-electron chi connectivity index (χ0n) is 12.0. The van der Waals surface area contributed by atoms with Gasteiger partial charge in [-0.05, 0) is 31.0 Å². The molecule has 2 N–H and O–H groups in total. The Labute approximate surface area is 123 Å². The van der Waals surface area contributed by atoms with Crippen LogP contribution in [0.25, 0.3) is 0 Å². The maximum atomic E-state index is 13.2. The summed E-state index contributed by atoms with van der Waals surface area (Å²) in [5.74, 6) is -1.53. The Hall–Kier alpha value is -2.11. The average Bonchev–Trinajstić information content (AvgIpc) is 2.46. The Morgan fingerprint density at radius 3 is 2.62 bits per heavy atom. The van der Waals surface area contributed by atoms with Gasteiger partial charge in [0.25, 0.3) is 5.91 Å². The van der Waals surface area contributed by atoms with Crippen molar-refractivity contribution in [3.63, 3.8) is 0 Å². The Morgan fingerprint density at radius 1 is 1.24 bits per heavy atom. The Bertz CT molecular complexity index is 491. The van der Waals surface area contributed by atoms with Crippen molar-refractivity contribution in [1.29, 1.82) is 0 Å². The molecule has 1 rings (SSSR count). The van der Waals surface area contributed by atoms with Crippen molar-refractivity contribution in [1.82, 2.24) is 5.32 Å². The highest BCUT2D eigenvalue weighted by Crippen LogP contribution is 2.18. The van der Waals surface area contributed by atoms with Crippen molar-refractivity contribution >= 4 is 11.9 Å². The van der Waals surface area contributed by atoms with Gasteiger partial charge in [-0.15, -0.1) is 0 Å². The van der Waals surface area contributed by atoms with E-state index >= 15 is 0 Å². The van der Waals surface area contributed by atoms with E-state index < -0.39 is 11.8 Å². The summed E-state index contributed by atoms with van der Waals surface area (Å²) in [5, 5.41) is 11.2. The van der Waals surface area contributed by atoms with E-state index in [0.717, 1.165) is 19.3 Å². The molecule has 0 unspecified atom stereocenters. The fraction of sp³-hybridized carbons (Fsp3) is 0.467. The third kappa shape index (κ3) is 6.25. The number of amides is 1. The number of aliphatic carboxylic acids is 1. The van der Waals surface area contributed by atoms with Gasteiger partial charge in [0.05, 0.1) is 7.11 Å². The molecule has 0 aromatic heterocycles. The van der Waals surface area contributed by atoms with Crippen LogP contribution >= 0.6 is 0 Å². The molecule has 0 heterocycles. The number of benzene rings is 1. The number of methoxy groups -OCH3 is 1. The van der Waals surface area contributed by atoms with Crippen LogP contribution in [-0.2, 0) is 4.79 Å². The first-order valence-corrected chi connectivity index (χ1v) is 6.88. The normalized spacial score (nSPS) is 10.2. The van der Waals surface area contributed by atoms with Crippen LogP contribution in [-0.4, -0.2) is 30.6 Å². The van der Waals surface area contributed by atoms with Crippen LogP contribution in [0.3, 0.4) is 0 Å². The van der Waals surface area contributed by atoms with E-state index in [0.29, 0.717) is 18.5 Å². The number of ether oxygens (including phenoxy) is 1. The molecule has 0 bridgehead atoms. The third-order valence-corrected chi connectivity index (χ3v) is 3.02. The molecule has 0 saturated heterocycles. The first-order valence-electron chi connectivity index (χ1n) is 6.88. The van der Waals surface area contributed by atoms with Gasteiger partial charge in [-0.25, -0.2) is 4.39 Å². The van der Waals surface area contributed by atoms with Gasteiger partial charge >= 0.3 is 5.97 Å². The minimum atomic E-state index is -0.784. The lowest BCUT2D eigenvalue weighted by Gasteiger charge is -2.07. The summed E-state index contributed by atoms with van der Waals surface area (Å²) in [5.41, 5.74) is 0.346. The van der Waals surface area contributed by atoms with E-state index in [2.05, 4.69) is 5.32 Å². The van der Waals surface area contributed by atoms with Gasteiger partial charge in [0.2, 0.25) is 0 Å². The Balaban J connectivity index is 2.26. The molecular weight excluding hydrogens is 277 g/mol. The van der Waals surface area contributed by atoms with Crippen LogP contribution < -0.4 is 10.1 Å². The second kappa shape index (κ2) is 8.94. The van der Waals surface area contributed by atoms with Gasteiger partial charge in [-0.2, -0.15) is 0 Å². The van der Waals surface area contributed by atoms with Crippen LogP contribution in [0.15, 0.2) is 18.2 Å². The summed E-state index contributed by atoms with van der Waals surface area (Å²) in [6.07, 6.45) is 3.30. The van der Waals surface area contributed by atoms with Gasteiger partial charge < -0.3 is 15.2 Å². The van der Waals surface area contributed by atoms with Gasteiger partial charge in [0.15, 0.2) is 11.6 Å². The molecule has 0 saturated carbocycles. The number of nitrogens with one attached hydrogen (secondary N) is 1. The van der Waals surface area contributed by atoms with Crippen molar-refractivity contribution < 1.29 is 23.8 Å². The highest BCUT2D eigenvalue weighted by atomic mass is 19.1. The molecule has 1 aromatic rings. The van der Waals surface area contributed by atoms with Crippen LogP contribution in [0.1, 0.15) is 42.5 Å². The smallest absolute Gasteiger partial charge is 0.303 e. The number of carboxylic acids is 1. The molecule has 0 atom stereocenters. The van der Waals surface area contributed by atoms with E-state index in [1.165, 1.54) is 25.3 Å². The average molecular weight is 297 g/mol. The molecule has 6 heteroatoms. The molecule has 1 aromatic carbocycles. The molecule has 5 nitrogen and oxygen atoms in total. The molecule has 0 aliphatic carbocycles. The van der Waals surface area contributed by atoms with Gasteiger partial charge in [0, 0.05) is 18.5 Å². The van der Waals surface area contributed by atoms with Gasteiger partial charge in [0.1, 0.15) is 0 Å². The number of rotatable bonds is 9. The fourth-order valence-electron chi connectivity index (χ4n) is 1.86. The maximum absolute atomic E-state index is 13.2. The fourth-order valence-corrected chi connectivity index (χ4v) is 1.86. The second-order valence-electron chi connectivity index (χ2n) is 4.66. The summed E-state index contributed by atoms with van der Waals surface area (Å²) in [6.45, 7) is 0.506. The molecule has 1 amide bonds. The van der Waals surface area contributed by atoms with Crippen molar-refractivity contribution in [2.45, 2.75) is 32.1 Å². The summed E-state index contributed by atoms with van der Waals surface area (Å²) < 4.78 is 18.0. The molecule has 116 valence electrons. The minimum absolute atomic E-state index is 0.0383. The number of carbonyl (C=O) groups excluding carboxylic acids is 1. The van der Waals surface area contributed by atoms with E-state index in [-0.39, 0.29) is 18.1 Å². The van der Waals surface area contributed by atoms with Crippen molar-refractivity contribution in [2.24, 2.45) is 0 Å². The summed E-state index contributed by atoms with van der Waals surface area (Å²) >= 11 is 0. The molecule has 0 spiro atoms. The number of unbranched alkanes of at least 4 members (excludes halogenated alkanes) is 3. The zero-order valence-corrected chi connectivity index (χ0v) is 12.0. The quantitative estimate of drug-likeness (QED) is 0.687. The summed E-state index contributed by atoms with van der Waals surface area (Å²) in [4.78, 5) is 22.2. The van der Waals surface area contributed by atoms with E-state index in [1.54, 1.807) is 0 Å². The van der Waals surface area contributed by atoms with Gasteiger partial charge in [-0.1, -0.05) is 12.8 Å². The predicted octanol–water partition coefficient (Wildman–Crippen LogP) is 2.60. The summed E-state index contributed by atoms with van der Waals surface area (Å²) in [7, 11) is 1.34. The van der Waals surface area contributed by atoms with Crippen molar-refractivity contribution in [3.8, 4) is 5.75 Å². The van der Waals surface area contributed by atoms with Crippen LogP contribution in [0, 0.1) is 5.82 Å². The number of hydrogen-bond donors (Lipinski definition) is 2. The molecule has 0 aliphatic heterocycles. The SMILES string of the molecule is COc1cc(C(=O)NCCCCCCC(=O)O)ccc1F. The van der Waals surface area contributed by atoms with Gasteiger partial charge in [-0.3, -0.25) is 9.59 Å². The van der Waals surface area contributed by atoms with Crippen LogP contribution in [0.4, 0.5) is 4.39 Å². The monoisotopic (exact) mass is 297 g/mol. The molecule has 0 aliphatic rings. The largest absolute Gasteiger partial charge is 0.494 e. The van der Waals surface area contributed by atoms with E-state index in [9.17, 15) is 14.0 Å². The minimum Gasteiger partial charge on any atom is -0.494 e. The topological polar surface area (TPSA) is 75.6 Å². The first kappa shape index (κ1) is 16.9. The van der Waals surface area contributed by atoms with E-state index in [4.69, 9.17) is 9.84 Å². The number of carbonyl (C=O) groups is 2. The predicted molar refractivity (Wildman–Crippen MR) is 76.0 cm³/mol. The molecule has 21 heavy (non-hydrogen) atoms. The van der Waals surface area contributed by atoms with E-state index in [1.807, 2.05) is 0 Å². The number of hydrogen-bond acceptors (Lipinski definition) is 3. The van der Waals surface area contributed by atoms with Crippen LogP contribution in [0.2, 0.25) is 0 Å². The summed E-state index contributed by atoms with van der Waals surface area (Å²) in [6, 6.07) is 3.96. The standard InChI is InChI=1S/C15H20FNO4/c1-21-13-10-11(7-8-12(13)16)15(20)17-9-5-3-2-4-6-14(18)19/h7-8,10H,2-6,9H2,1H3,(H,17,20)(H,18,19). The molecule has 0 radical (unpaired) electrons. The van der Waals surface area contributed by atoms with Crippen LogP contribution in [0.5, 0.6) is 5.75 Å². The van der Waals surface area contributed by atoms with Crippen molar-refractivity contribution in [3.05, 3.63) is 29.6 Å². The first-order chi connectivity index (χ1) is 10.0. The lowest BCUT2D eigenvalue weighted by Crippen LogP contribution is -2.24. The number of carboxylic acid groups (broad SMARTS) is 1. The Kier molecular flexibility index (Phi) is 7.21. The number of halogens is 1. The Morgan fingerprint density at radius 2 is 1.95 bits per heavy atom. The lowest BCUT2D eigenvalue weighted by molar-refractivity contribution is -0.137. The van der Waals surface area contributed by atoms with Crippen molar-refractivity contribution in [2.75, 3.05) is 13.7 Å². The second-order valence-corrected chi connectivity index (χ2v) is 4.66. The lowest BCUT2D eigenvalue weighted by atomic mass is 10.1. The molecule has 0 fully saturated rings. The maximum Gasteiger partial charge on any atom is 0.303 e. The highest BCUT2D eigenvalue weighted by molar-refractivity contribution is 5.94. The zero-order chi connectivity index (χ0) is 15.7. The molecular formula is C15H20FNO4.